The molecule has 6 nitrogen and oxygen atoms in total. The van der Waals surface area contributed by atoms with Gasteiger partial charge in [-0.05, 0) is 12.1 Å². The van der Waals surface area contributed by atoms with Crippen molar-refractivity contribution in [2.45, 2.75) is 6.54 Å². The Morgan fingerprint density at radius 2 is 2.00 bits per heavy atom. The summed E-state index contributed by atoms with van der Waals surface area (Å²) in [6, 6.07) is 9.33. The average Bonchev–Trinajstić information content (AvgIpc) is 2.94. The van der Waals surface area contributed by atoms with Gasteiger partial charge in [0.1, 0.15) is 15.5 Å². The molecule has 0 saturated heterocycles. The Bertz CT molecular complexity index is 937. The molecule has 0 aliphatic heterocycles. The molecule has 1 aromatic carbocycles. The first-order valence-electron chi connectivity index (χ1n) is 6.56. The lowest BCUT2D eigenvalue weighted by Gasteiger charge is -2.01. The SMILES string of the molecule is CS(=O)(=O)CCn1cc(-c2ccc3cccc(Cl)c3n2)nn1. The number of fused-ring (bicyclic) bond motifs is 1. The number of nitrogens with zero attached hydrogens (tertiary/aromatic N) is 4. The number of rotatable bonds is 4. The standard InChI is InChI=1S/C14H13ClN4O2S/c1-22(20,21)8-7-19-9-13(17-18-19)12-6-5-10-3-2-4-11(15)14(10)16-12/h2-6,9H,7-8H2,1H3. The Morgan fingerprint density at radius 1 is 1.18 bits per heavy atom. The van der Waals surface area contributed by atoms with E-state index in [0.29, 0.717) is 21.9 Å². The molecule has 2 aromatic heterocycles. The monoisotopic (exact) mass is 336 g/mol. The second-order valence-electron chi connectivity index (χ2n) is 5.00. The van der Waals surface area contributed by atoms with Crippen molar-refractivity contribution >= 4 is 32.3 Å². The third-order valence-electron chi connectivity index (χ3n) is 3.16. The summed E-state index contributed by atoms with van der Waals surface area (Å²) in [7, 11) is -3.03. The van der Waals surface area contributed by atoms with Gasteiger partial charge in [0, 0.05) is 11.6 Å². The molecule has 0 aliphatic rings. The Kier molecular flexibility index (Phi) is 3.84. The average molecular weight is 337 g/mol. The van der Waals surface area contributed by atoms with E-state index < -0.39 is 9.84 Å². The second-order valence-corrected chi connectivity index (χ2v) is 7.67. The number of aryl methyl sites for hydroxylation is 1. The van der Waals surface area contributed by atoms with Crippen molar-refractivity contribution in [3.63, 3.8) is 0 Å². The molecule has 0 spiro atoms. The second kappa shape index (κ2) is 5.66. The minimum Gasteiger partial charge on any atom is -0.251 e. The van der Waals surface area contributed by atoms with E-state index in [1.807, 2.05) is 24.3 Å². The molecule has 0 aliphatic carbocycles. The van der Waals surface area contributed by atoms with Gasteiger partial charge in [0.25, 0.3) is 0 Å². The Hall–Kier alpha value is -1.99. The Labute approximate surface area is 132 Å². The zero-order valence-corrected chi connectivity index (χ0v) is 13.3. The van der Waals surface area contributed by atoms with E-state index in [4.69, 9.17) is 11.6 Å². The molecule has 3 rings (SSSR count). The summed E-state index contributed by atoms with van der Waals surface area (Å²) in [5, 5.41) is 9.48. The highest BCUT2D eigenvalue weighted by atomic mass is 35.5. The molecule has 3 aromatic rings. The van der Waals surface area contributed by atoms with E-state index in [9.17, 15) is 8.42 Å². The summed E-state index contributed by atoms with van der Waals surface area (Å²) in [6.45, 7) is 0.264. The van der Waals surface area contributed by atoms with Crippen LogP contribution in [0.15, 0.2) is 36.5 Å². The van der Waals surface area contributed by atoms with Gasteiger partial charge < -0.3 is 0 Å². The van der Waals surface area contributed by atoms with Gasteiger partial charge in [0.2, 0.25) is 0 Å². The number of aromatic nitrogens is 4. The van der Waals surface area contributed by atoms with Gasteiger partial charge in [-0.15, -0.1) is 5.10 Å². The maximum atomic E-state index is 11.2. The first kappa shape index (κ1) is 14.9. The van der Waals surface area contributed by atoms with Gasteiger partial charge in [-0.25, -0.2) is 13.4 Å². The zero-order valence-electron chi connectivity index (χ0n) is 11.8. The fourth-order valence-corrected chi connectivity index (χ4v) is 2.78. The maximum absolute atomic E-state index is 11.2. The first-order chi connectivity index (χ1) is 10.4. The molecule has 0 atom stereocenters. The number of benzene rings is 1. The minimum absolute atomic E-state index is 0.0206. The van der Waals surface area contributed by atoms with Gasteiger partial charge in [-0.1, -0.05) is 35.0 Å². The molecule has 0 fully saturated rings. The molecule has 114 valence electrons. The smallest absolute Gasteiger partial charge is 0.149 e. The van der Waals surface area contributed by atoms with Crippen LogP contribution >= 0.6 is 11.6 Å². The minimum atomic E-state index is -3.03. The summed E-state index contributed by atoms with van der Waals surface area (Å²) < 4.78 is 23.8. The first-order valence-corrected chi connectivity index (χ1v) is 9.00. The molecule has 0 unspecified atom stereocenters. The van der Waals surface area contributed by atoms with E-state index in [1.165, 1.54) is 10.9 Å². The molecule has 0 N–H and O–H groups in total. The van der Waals surface area contributed by atoms with Crippen molar-refractivity contribution in [1.29, 1.82) is 0 Å². The zero-order chi connectivity index (χ0) is 15.7. The van der Waals surface area contributed by atoms with Crippen molar-refractivity contribution in [3.05, 3.63) is 41.6 Å². The van der Waals surface area contributed by atoms with Crippen LogP contribution in [0.1, 0.15) is 0 Å². The van der Waals surface area contributed by atoms with Crippen molar-refractivity contribution in [2.75, 3.05) is 12.0 Å². The van der Waals surface area contributed by atoms with Gasteiger partial charge in [0.15, 0.2) is 0 Å². The van der Waals surface area contributed by atoms with Crippen molar-refractivity contribution < 1.29 is 8.42 Å². The molecular formula is C14H13ClN4O2S. The molecule has 22 heavy (non-hydrogen) atoms. The molecule has 0 bridgehead atoms. The molecular weight excluding hydrogens is 324 g/mol. The van der Waals surface area contributed by atoms with Crippen LogP contribution in [0.5, 0.6) is 0 Å². The van der Waals surface area contributed by atoms with Crippen molar-refractivity contribution in [2.24, 2.45) is 0 Å². The number of hydrogen-bond acceptors (Lipinski definition) is 5. The number of pyridine rings is 1. The van der Waals surface area contributed by atoms with E-state index in [2.05, 4.69) is 15.3 Å². The van der Waals surface area contributed by atoms with Crippen LogP contribution in [0.25, 0.3) is 22.3 Å². The molecule has 0 radical (unpaired) electrons. The predicted octanol–water partition coefficient (Wildman–Crippen LogP) is 2.19. The molecule has 8 heteroatoms. The topological polar surface area (TPSA) is 77.7 Å². The molecule has 0 saturated carbocycles. The van der Waals surface area contributed by atoms with Crippen LogP contribution < -0.4 is 0 Å². The third-order valence-corrected chi connectivity index (χ3v) is 4.39. The number of sulfone groups is 1. The van der Waals surface area contributed by atoms with Gasteiger partial charge in [0.05, 0.1) is 34.7 Å². The lowest BCUT2D eigenvalue weighted by atomic mass is 10.2. The highest BCUT2D eigenvalue weighted by molar-refractivity contribution is 7.90. The van der Waals surface area contributed by atoms with Crippen LogP contribution in [-0.2, 0) is 16.4 Å². The largest absolute Gasteiger partial charge is 0.251 e. The van der Waals surface area contributed by atoms with E-state index in [-0.39, 0.29) is 12.3 Å². The quantitative estimate of drug-likeness (QED) is 0.729. The lowest BCUT2D eigenvalue weighted by molar-refractivity contribution is 0.579. The van der Waals surface area contributed by atoms with E-state index >= 15 is 0 Å². The van der Waals surface area contributed by atoms with E-state index in [0.717, 1.165) is 5.39 Å². The lowest BCUT2D eigenvalue weighted by Crippen LogP contribution is -2.11. The van der Waals surface area contributed by atoms with E-state index in [1.54, 1.807) is 12.3 Å². The summed E-state index contributed by atoms with van der Waals surface area (Å²) in [5.41, 5.74) is 1.92. The summed E-state index contributed by atoms with van der Waals surface area (Å²) in [5.74, 6) is 0.0206. The number of hydrogen-bond donors (Lipinski definition) is 0. The highest BCUT2D eigenvalue weighted by Gasteiger charge is 2.09. The van der Waals surface area contributed by atoms with Gasteiger partial charge >= 0.3 is 0 Å². The van der Waals surface area contributed by atoms with Crippen LogP contribution in [0.2, 0.25) is 5.02 Å². The molecule has 2 heterocycles. The van der Waals surface area contributed by atoms with Crippen LogP contribution in [0, 0.1) is 0 Å². The summed E-state index contributed by atoms with van der Waals surface area (Å²) in [6.07, 6.45) is 2.87. The highest BCUT2D eigenvalue weighted by Crippen LogP contribution is 2.24. The predicted molar refractivity (Wildman–Crippen MR) is 85.5 cm³/mol. The maximum Gasteiger partial charge on any atom is 0.149 e. The van der Waals surface area contributed by atoms with Gasteiger partial charge in [-0.3, -0.25) is 4.68 Å². The van der Waals surface area contributed by atoms with Crippen LogP contribution in [0.3, 0.4) is 0 Å². The fraction of sp³-hybridized carbons (Fsp3) is 0.214. The van der Waals surface area contributed by atoms with Crippen LogP contribution in [-0.4, -0.2) is 40.4 Å². The normalized spacial score (nSPS) is 11.9. The molecule has 0 amide bonds. The van der Waals surface area contributed by atoms with Crippen LogP contribution in [0.4, 0.5) is 0 Å². The summed E-state index contributed by atoms with van der Waals surface area (Å²) >= 11 is 6.15. The number of para-hydroxylation sites is 1. The van der Waals surface area contributed by atoms with Gasteiger partial charge in [-0.2, -0.15) is 0 Å². The fourth-order valence-electron chi connectivity index (χ4n) is 2.04. The van der Waals surface area contributed by atoms with Crippen molar-refractivity contribution in [3.8, 4) is 11.4 Å². The number of halogens is 1. The Balaban J connectivity index is 1.91. The third kappa shape index (κ3) is 3.26. The van der Waals surface area contributed by atoms with Crippen molar-refractivity contribution in [1.82, 2.24) is 20.0 Å². The summed E-state index contributed by atoms with van der Waals surface area (Å²) in [4.78, 5) is 4.50. The Morgan fingerprint density at radius 3 is 2.77 bits per heavy atom.